The minimum absolute atomic E-state index is 0.0782. The van der Waals surface area contributed by atoms with Gasteiger partial charge in [-0.25, -0.2) is 13.4 Å². The van der Waals surface area contributed by atoms with E-state index in [1.54, 1.807) is 29.2 Å². The summed E-state index contributed by atoms with van der Waals surface area (Å²) in [6, 6.07) is 11.2. The lowest BCUT2D eigenvalue weighted by molar-refractivity contribution is 0.174. The Morgan fingerprint density at radius 1 is 1.22 bits per heavy atom. The van der Waals surface area contributed by atoms with Crippen molar-refractivity contribution in [3.63, 3.8) is 0 Å². The van der Waals surface area contributed by atoms with E-state index < -0.39 is 10.0 Å². The summed E-state index contributed by atoms with van der Waals surface area (Å²) in [4.78, 5) is 4.58. The van der Waals surface area contributed by atoms with Gasteiger partial charge in [0.05, 0.1) is 16.0 Å². The number of rotatable bonds is 7. The molecule has 0 amide bonds. The molecule has 0 spiro atoms. The maximum Gasteiger partial charge on any atom is 0.232 e. The second kappa shape index (κ2) is 7.57. The number of anilines is 1. The minimum atomic E-state index is -3.35. The summed E-state index contributed by atoms with van der Waals surface area (Å²) in [5.74, 6) is 2.23. The van der Waals surface area contributed by atoms with Gasteiger partial charge in [0.1, 0.15) is 0 Å². The van der Waals surface area contributed by atoms with E-state index in [0.29, 0.717) is 17.9 Å². The number of aryl methyl sites for hydroxylation is 1. The Morgan fingerprint density at radius 2 is 2.04 bits per heavy atom. The lowest BCUT2D eigenvalue weighted by Gasteiger charge is -2.08. The molecular formula is C18H18N2O4S3. The van der Waals surface area contributed by atoms with Crippen molar-refractivity contribution in [2.75, 3.05) is 23.0 Å². The van der Waals surface area contributed by atoms with Crippen LogP contribution in [0.1, 0.15) is 12.0 Å². The highest BCUT2D eigenvalue weighted by atomic mass is 32.2. The number of nitrogens with zero attached hydrogens (tertiary/aromatic N) is 1. The number of thioether (sulfide) groups is 1. The molecule has 3 aromatic rings. The zero-order chi connectivity index (χ0) is 18.9. The van der Waals surface area contributed by atoms with Crippen molar-refractivity contribution >= 4 is 49.0 Å². The molecule has 1 aromatic heterocycles. The van der Waals surface area contributed by atoms with E-state index in [9.17, 15) is 8.42 Å². The molecule has 6 nitrogen and oxygen atoms in total. The first kappa shape index (κ1) is 18.4. The fraction of sp³-hybridized carbons (Fsp3) is 0.278. The fourth-order valence-electron chi connectivity index (χ4n) is 2.71. The number of hydrogen-bond donors (Lipinski definition) is 1. The Morgan fingerprint density at radius 3 is 2.85 bits per heavy atom. The van der Waals surface area contributed by atoms with Gasteiger partial charge in [-0.3, -0.25) is 4.72 Å². The molecular weight excluding hydrogens is 404 g/mol. The molecule has 0 atom stereocenters. The number of aromatic nitrogens is 1. The molecule has 0 saturated carbocycles. The number of thiazole rings is 1. The van der Waals surface area contributed by atoms with Crippen molar-refractivity contribution in [2.45, 2.75) is 17.7 Å². The van der Waals surface area contributed by atoms with Crippen molar-refractivity contribution in [2.24, 2.45) is 0 Å². The summed E-state index contributed by atoms with van der Waals surface area (Å²) in [6.07, 6.45) is 0.546. The van der Waals surface area contributed by atoms with Gasteiger partial charge in [0.25, 0.3) is 0 Å². The standard InChI is InChI=1S/C18H18N2O4S3/c1-12-4-2-5-13(8-12)20-27(21,22)7-3-6-25-18-19-14-9-15-16(24-11-23-15)10-17(14)26-18/h2,4-5,8-10,20H,3,6-7,11H2,1H3. The van der Waals surface area contributed by atoms with Crippen LogP contribution in [0.25, 0.3) is 10.2 Å². The molecule has 142 valence electrons. The predicted molar refractivity (Wildman–Crippen MR) is 110 cm³/mol. The maximum absolute atomic E-state index is 12.2. The molecule has 2 aromatic carbocycles. The second-order valence-electron chi connectivity index (χ2n) is 6.15. The molecule has 0 unspecified atom stereocenters. The van der Waals surface area contributed by atoms with E-state index in [2.05, 4.69) is 9.71 Å². The van der Waals surface area contributed by atoms with Gasteiger partial charge in [-0.1, -0.05) is 23.9 Å². The van der Waals surface area contributed by atoms with Gasteiger partial charge >= 0.3 is 0 Å². The Kier molecular flexibility index (Phi) is 5.16. The SMILES string of the molecule is Cc1cccc(NS(=O)(=O)CCCSc2nc3cc4c(cc3s2)OCO4)c1. The van der Waals surface area contributed by atoms with Crippen LogP contribution in [-0.2, 0) is 10.0 Å². The normalized spacial score (nSPS) is 13.2. The Bertz CT molecular complexity index is 1040. The molecule has 1 aliphatic heterocycles. The molecule has 0 saturated heterocycles. The predicted octanol–water partition coefficient (Wildman–Crippen LogP) is 4.26. The lowest BCUT2D eigenvalue weighted by Crippen LogP contribution is -2.17. The number of hydrogen-bond acceptors (Lipinski definition) is 7. The van der Waals surface area contributed by atoms with E-state index in [-0.39, 0.29) is 12.5 Å². The van der Waals surface area contributed by atoms with Gasteiger partial charge in [-0.2, -0.15) is 0 Å². The van der Waals surface area contributed by atoms with Crippen LogP contribution in [0.5, 0.6) is 11.5 Å². The molecule has 9 heteroatoms. The summed E-state index contributed by atoms with van der Waals surface area (Å²) >= 11 is 3.14. The van der Waals surface area contributed by atoms with E-state index in [1.807, 2.05) is 37.3 Å². The number of benzene rings is 2. The van der Waals surface area contributed by atoms with Crippen LogP contribution < -0.4 is 14.2 Å². The lowest BCUT2D eigenvalue weighted by atomic mass is 10.2. The molecule has 0 aliphatic carbocycles. The number of fused-ring (bicyclic) bond motifs is 2. The second-order valence-corrected chi connectivity index (χ2v) is 10.4. The van der Waals surface area contributed by atoms with Gasteiger partial charge in [0.2, 0.25) is 16.8 Å². The number of ether oxygens (including phenoxy) is 2. The summed E-state index contributed by atoms with van der Waals surface area (Å²) < 4.78 is 39.8. The third-order valence-electron chi connectivity index (χ3n) is 3.94. The molecule has 1 aliphatic rings. The van der Waals surface area contributed by atoms with Crippen molar-refractivity contribution in [1.29, 1.82) is 0 Å². The zero-order valence-electron chi connectivity index (χ0n) is 14.6. The van der Waals surface area contributed by atoms with E-state index >= 15 is 0 Å². The molecule has 0 bridgehead atoms. The number of sulfonamides is 1. The van der Waals surface area contributed by atoms with Crippen LogP contribution in [0.15, 0.2) is 40.7 Å². The third-order valence-corrected chi connectivity index (χ3v) is 7.56. The van der Waals surface area contributed by atoms with E-state index in [0.717, 1.165) is 31.6 Å². The Hall–Kier alpha value is -1.97. The van der Waals surface area contributed by atoms with Gasteiger partial charge in [-0.15, -0.1) is 11.3 Å². The smallest absolute Gasteiger partial charge is 0.232 e. The fourth-order valence-corrected chi connectivity index (χ4v) is 6.09. The van der Waals surface area contributed by atoms with Gasteiger partial charge < -0.3 is 9.47 Å². The summed E-state index contributed by atoms with van der Waals surface area (Å²) in [6.45, 7) is 2.18. The highest BCUT2D eigenvalue weighted by Gasteiger charge is 2.17. The van der Waals surface area contributed by atoms with Crippen LogP contribution in [0.3, 0.4) is 0 Å². The summed E-state index contributed by atoms with van der Waals surface area (Å²) in [5.41, 5.74) is 2.50. The van der Waals surface area contributed by atoms with Crippen LogP contribution in [0, 0.1) is 6.92 Å². The van der Waals surface area contributed by atoms with Gasteiger partial charge in [0, 0.05) is 23.6 Å². The summed E-state index contributed by atoms with van der Waals surface area (Å²) in [5, 5.41) is 0. The first-order valence-corrected chi connectivity index (χ1v) is 11.8. The molecule has 4 rings (SSSR count). The molecule has 27 heavy (non-hydrogen) atoms. The van der Waals surface area contributed by atoms with Gasteiger partial charge in [0.15, 0.2) is 15.8 Å². The molecule has 0 fully saturated rings. The van der Waals surface area contributed by atoms with Gasteiger partial charge in [-0.05, 0) is 31.0 Å². The zero-order valence-corrected chi connectivity index (χ0v) is 17.0. The largest absolute Gasteiger partial charge is 0.454 e. The monoisotopic (exact) mass is 422 g/mol. The molecule has 1 N–H and O–H groups in total. The van der Waals surface area contributed by atoms with Crippen LogP contribution >= 0.6 is 23.1 Å². The van der Waals surface area contributed by atoms with Crippen molar-refractivity contribution in [3.8, 4) is 11.5 Å². The van der Waals surface area contributed by atoms with Crippen LogP contribution in [0.4, 0.5) is 5.69 Å². The van der Waals surface area contributed by atoms with E-state index in [1.165, 1.54) is 0 Å². The first-order chi connectivity index (χ1) is 13.0. The molecule has 2 heterocycles. The molecule has 0 radical (unpaired) electrons. The third kappa shape index (κ3) is 4.48. The highest BCUT2D eigenvalue weighted by molar-refractivity contribution is 8.01. The Labute approximate surface area is 166 Å². The van der Waals surface area contributed by atoms with Crippen molar-refractivity contribution in [1.82, 2.24) is 4.98 Å². The van der Waals surface area contributed by atoms with Crippen LogP contribution in [0.2, 0.25) is 0 Å². The average Bonchev–Trinajstić information content (AvgIpc) is 3.21. The summed E-state index contributed by atoms with van der Waals surface area (Å²) in [7, 11) is -3.35. The first-order valence-electron chi connectivity index (χ1n) is 8.39. The highest BCUT2D eigenvalue weighted by Crippen LogP contribution is 2.39. The number of nitrogens with one attached hydrogen (secondary N) is 1. The van der Waals surface area contributed by atoms with Crippen LogP contribution in [-0.4, -0.2) is 31.7 Å². The van der Waals surface area contributed by atoms with Crippen molar-refractivity contribution < 1.29 is 17.9 Å². The van der Waals surface area contributed by atoms with E-state index in [4.69, 9.17) is 9.47 Å². The quantitative estimate of drug-likeness (QED) is 0.453. The topological polar surface area (TPSA) is 77.5 Å². The average molecular weight is 423 g/mol. The Balaban J connectivity index is 1.31. The maximum atomic E-state index is 12.2. The van der Waals surface area contributed by atoms with Crippen molar-refractivity contribution in [3.05, 3.63) is 42.0 Å². The minimum Gasteiger partial charge on any atom is -0.454 e.